The summed E-state index contributed by atoms with van der Waals surface area (Å²) in [6, 6.07) is 7.97. The Morgan fingerprint density at radius 1 is 1.18 bits per heavy atom. The third kappa shape index (κ3) is 6.30. The van der Waals surface area contributed by atoms with Gasteiger partial charge in [0, 0.05) is 24.0 Å². The largest absolute Gasteiger partial charge is 0.312 e. The fourth-order valence-corrected chi connectivity index (χ4v) is 2.04. The number of rotatable bonds is 7. The highest BCUT2D eigenvalue weighted by Crippen LogP contribution is 2.21. The van der Waals surface area contributed by atoms with Crippen LogP contribution in [0.1, 0.15) is 32.3 Å². The second-order valence-corrected chi connectivity index (χ2v) is 6.00. The molecule has 3 heteroatoms. The van der Waals surface area contributed by atoms with Crippen molar-refractivity contribution in [2.75, 3.05) is 12.4 Å². The van der Waals surface area contributed by atoms with E-state index in [9.17, 15) is 0 Å². The maximum absolute atomic E-state index is 5.84. The maximum Gasteiger partial charge on any atom is 0.0406 e. The SMILES string of the molecule is CC(C)(CCCCl)CNCc1ccc(Cl)cc1. The Labute approximate surface area is 115 Å². The van der Waals surface area contributed by atoms with Gasteiger partial charge < -0.3 is 5.32 Å². The van der Waals surface area contributed by atoms with E-state index in [0.29, 0.717) is 5.41 Å². The van der Waals surface area contributed by atoms with Crippen molar-refractivity contribution >= 4 is 23.2 Å². The maximum atomic E-state index is 5.84. The van der Waals surface area contributed by atoms with E-state index < -0.39 is 0 Å². The zero-order valence-electron chi connectivity index (χ0n) is 10.6. The average molecular weight is 274 g/mol. The van der Waals surface area contributed by atoms with Crippen molar-refractivity contribution in [3.05, 3.63) is 34.9 Å². The summed E-state index contributed by atoms with van der Waals surface area (Å²) in [5.74, 6) is 0.751. The lowest BCUT2D eigenvalue weighted by atomic mass is 9.88. The van der Waals surface area contributed by atoms with E-state index >= 15 is 0 Å². The van der Waals surface area contributed by atoms with Crippen LogP contribution in [0.25, 0.3) is 0 Å². The summed E-state index contributed by atoms with van der Waals surface area (Å²) in [6.07, 6.45) is 2.24. The fraction of sp³-hybridized carbons (Fsp3) is 0.571. The summed E-state index contributed by atoms with van der Waals surface area (Å²) in [7, 11) is 0. The van der Waals surface area contributed by atoms with Gasteiger partial charge in [0.15, 0.2) is 0 Å². The molecule has 0 atom stereocenters. The summed E-state index contributed by atoms with van der Waals surface area (Å²) in [5.41, 5.74) is 1.57. The van der Waals surface area contributed by atoms with Gasteiger partial charge in [-0.3, -0.25) is 0 Å². The molecule has 0 heterocycles. The predicted molar refractivity (Wildman–Crippen MR) is 76.9 cm³/mol. The smallest absolute Gasteiger partial charge is 0.0406 e. The van der Waals surface area contributed by atoms with Crippen LogP contribution in [0.2, 0.25) is 5.02 Å². The molecule has 17 heavy (non-hydrogen) atoms. The molecule has 0 spiro atoms. The van der Waals surface area contributed by atoms with E-state index in [-0.39, 0.29) is 0 Å². The van der Waals surface area contributed by atoms with Crippen LogP contribution in [0.4, 0.5) is 0 Å². The van der Waals surface area contributed by atoms with Crippen molar-refractivity contribution < 1.29 is 0 Å². The van der Waals surface area contributed by atoms with E-state index in [4.69, 9.17) is 23.2 Å². The van der Waals surface area contributed by atoms with Gasteiger partial charge in [-0.1, -0.05) is 37.6 Å². The molecule has 0 saturated carbocycles. The molecule has 0 amide bonds. The molecule has 1 aromatic carbocycles. The van der Waals surface area contributed by atoms with Crippen molar-refractivity contribution in [2.45, 2.75) is 33.2 Å². The molecule has 0 saturated heterocycles. The molecule has 0 fully saturated rings. The number of benzene rings is 1. The second kappa shape index (κ2) is 7.25. The molecule has 1 nitrogen and oxygen atoms in total. The third-order valence-corrected chi connectivity index (χ3v) is 3.35. The molecule has 0 unspecified atom stereocenters. The summed E-state index contributed by atoms with van der Waals surface area (Å²) in [5, 5.41) is 4.27. The lowest BCUT2D eigenvalue weighted by Gasteiger charge is -2.24. The molecule has 0 aliphatic heterocycles. The first-order valence-electron chi connectivity index (χ1n) is 6.05. The average Bonchev–Trinajstić information content (AvgIpc) is 2.29. The van der Waals surface area contributed by atoms with Gasteiger partial charge in [0.1, 0.15) is 0 Å². The van der Waals surface area contributed by atoms with Crippen molar-refractivity contribution in [3.8, 4) is 0 Å². The van der Waals surface area contributed by atoms with Gasteiger partial charge >= 0.3 is 0 Å². The van der Waals surface area contributed by atoms with Gasteiger partial charge in [0.25, 0.3) is 0 Å². The van der Waals surface area contributed by atoms with Crippen LogP contribution in [0.3, 0.4) is 0 Å². The summed E-state index contributed by atoms with van der Waals surface area (Å²) >= 11 is 11.6. The van der Waals surface area contributed by atoms with Crippen molar-refractivity contribution in [2.24, 2.45) is 5.41 Å². The van der Waals surface area contributed by atoms with E-state index in [0.717, 1.165) is 36.8 Å². The number of alkyl halides is 1. The number of halogens is 2. The highest BCUT2D eigenvalue weighted by molar-refractivity contribution is 6.30. The number of hydrogen-bond donors (Lipinski definition) is 1. The molecule has 1 N–H and O–H groups in total. The first-order valence-corrected chi connectivity index (χ1v) is 6.96. The van der Waals surface area contributed by atoms with Gasteiger partial charge in [-0.2, -0.15) is 0 Å². The Morgan fingerprint density at radius 3 is 2.41 bits per heavy atom. The second-order valence-electron chi connectivity index (χ2n) is 5.19. The van der Waals surface area contributed by atoms with Crippen LogP contribution >= 0.6 is 23.2 Å². The van der Waals surface area contributed by atoms with Crippen LogP contribution < -0.4 is 5.32 Å². The summed E-state index contributed by atoms with van der Waals surface area (Å²) in [6.45, 7) is 6.44. The van der Waals surface area contributed by atoms with Crippen molar-refractivity contribution in [1.29, 1.82) is 0 Å². The monoisotopic (exact) mass is 273 g/mol. The van der Waals surface area contributed by atoms with Crippen LogP contribution in [0.5, 0.6) is 0 Å². The molecule has 96 valence electrons. The van der Waals surface area contributed by atoms with E-state index in [1.807, 2.05) is 12.1 Å². The van der Waals surface area contributed by atoms with E-state index in [1.165, 1.54) is 5.56 Å². The van der Waals surface area contributed by atoms with E-state index in [1.54, 1.807) is 0 Å². The number of hydrogen-bond acceptors (Lipinski definition) is 1. The van der Waals surface area contributed by atoms with Crippen LogP contribution in [-0.4, -0.2) is 12.4 Å². The third-order valence-electron chi connectivity index (χ3n) is 2.83. The van der Waals surface area contributed by atoms with Gasteiger partial charge in [-0.15, -0.1) is 11.6 Å². The van der Waals surface area contributed by atoms with Crippen LogP contribution in [0.15, 0.2) is 24.3 Å². The minimum absolute atomic E-state index is 0.307. The van der Waals surface area contributed by atoms with Gasteiger partial charge in [0.05, 0.1) is 0 Å². The zero-order valence-corrected chi connectivity index (χ0v) is 12.1. The highest BCUT2D eigenvalue weighted by atomic mass is 35.5. The Hall–Kier alpha value is -0.240. The number of nitrogens with one attached hydrogen (secondary N) is 1. The standard InChI is InChI=1S/C14H21Cl2N/c1-14(2,8-3-9-15)11-17-10-12-4-6-13(16)7-5-12/h4-7,17H,3,8-11H2,1-2H3. The Kier molecular flexibility index (Phi) is 6.32. The van der Waals surface area contributed by atoms with Crippen molar-refractivity contribution in [3.63, 3.8) is 0 Å². The fourth-order valence-electron chi connectivity index (χ4n) is 1.78. The van der Waals surface area contributed by atoms with Gasteiger partial charge in [-0.05, 0) is 36.0 Å². The molecule has 1 rings (SSSR count). The predicted octanol–water partition coefficient (Wildman–Crippen LogP) is 4.47. The van der Waals surface area contributed by atoms with Crippen LogP contribution in [0, 0.1) is 5.41 Å². The van der Waals surface area contributed by atoms with Gasteiger partial charge in [-0.25, -0.2) is 0 Å². The molecule has 0 aromatic heterocycles. The molecule has 0 aliphatic rings. The molecule has 0 radical (unpaired) electrons. The quantitative estimate of drug-likeness (QED) is 0.723. The Bertz CT molecular complexity index is 319. The molecular weight excluding hydrogens is 253 g/mol. The Balaban J connectivity index is 2.29. The Morgan fingerprint density at radius 2 is 1.82 bits per heavy atom. The van der Waals surface area contributed by atoms with E-state index in [2.05, 4.69) is 31.3 Å². The highest BCUT2D eigenvalue weighted by Gasteiger charge is 2.16. The molecular formula is C14H21Cl2N. The molecule has 1 aromatic rings. The minimum Gasteiger partial charge on any atom is -0.312 e. The van der Waals surface area contributed by atoms with Crippen molar-refractivity contribution in [1.82, 2.24) is 5.32 Å². The van der Waals surface area contributed by atoms with Gasteiger partial charge in [0.2, 0.25) is 0 Å². The zero-order chi connectivity index (χ0) is 12.7. The lowest BCUT2D eigenvalue weighted by Crippen LogP contribution is -2.29. The first kappa shape index (κ1) is 14.8. The topological polar surface area (TPSA) is 12.0 Å². The molecule has 0 aliphatic carbocycles. The lowest BCUT2D eigenvalue weighted by molar-refractivity contribution is 0.311. The van der Waals surface area contributed by atoms with Crippen LogP contribution in [-0.2, 0) is 6.54 Å². The molecule has 0 bridgehead atoms. The summed E-state index contributed by atoms with van der Waals surface area (Å²) in [4.78, 5) is 0. The first-order chi connectivity index (χ1) is 8.03. The summed E-state index contributed by atoms with van der Waals surface area (Å²) < 4.78 is 0. The minimum atomic E-state index is 0.307. The normalized spacial score (nSPS) is 11.8.